The summed E-state index contributed by atoms with van der Waals surface area (Å²) in [6, 6.07) is 4.84. The lowest BCUT2D eigenvalue weighted by Crippen LogP contribution is -2.46. The number of fused-ring (bicyclic) bond motifs is 2. The molecule has 1 aromatic heterocycles. The van der Waals surface area contributed by atoms with Crippen molar-refractivity contribution in [2.45, 2.75) is 38.6 Å². The molecule has 2 N–H and O–H groups in total. The van der Waals surface area contributed by atoms with Crippen molar-refractivity contribution in [1.82, 2.24) is 15.1 Å². The number of aromatic hydroxyl groups is 1. The monoisotopic (exact) mass is 500 g/mol. The summed E-state index contributed by atoms with van der Waals surface area (Å²) in [4.78, 5) is 7.28. The minimum absolute atomic E-state index is 0.0429. The van der Waals surface area contributed by atoms with Crippen LogP contribution in [0.5, 0.6) is 5.75 Å². The molecule has 0 radical (unpaired) electrons. The van der Waals surface area contributed by atoms with Gasteiger partial charge in [0.1, 0.15) is 18.2 Å². The second-order valence-electron chi connectivity index (χ2n) is 9.48. The van der Waals surface area contributed by atoms with Crippen LogP contribution in [0.2, 0.25) is 5.02 Å². The fourth-order valence-electron chi connectivity index (χ4n) is 5.44. The molecule has 186 valence electrons. The Labute approximate surface area is 208 Å². The van der Waals surface area contributed by atoms with Gasteiger partial charge in [0, 0.05) is 23.4 Å². The first kappa shape index (κ1) is 23.9. The van der Waals surface area contributed by atoms with Gasteiger partial charge in [-0.1, -0.05) is 24.1 Å². The zero-order chi connectivity index (χ0) is 24.7. The van der Waals surface area contributed by atoms with Crippen molar-refractivity contribution >= 4 is 17.2 Å². The first-order valence-corrected chi connectivity index (χ1v) is 12.4. The molecule has 2 unspecified atom stereocenters. The standard InChI is InChI=1S/C26H30ClFN4O3/c1-15-21-22-23(26(2,29-25(21)31-30-15)16-7-8-19(33)17(27)13-16)18(28)14-20(24(22)34-3)35-12-11-32-9-5-4-6-10-32/h7-8,13-14,23,33H,4-6,9-12H2,1-3H3,(H,29,31). The molecule has 1 saturated heterocycles. The quantitative estimate of drug-likeness (QED) is 0.633. The van der Waals surface area contributed by atoms with E-state index >= 15 is 4.39 Å². The Morgan fingerprint density at radius 2 is 2.06 bits per heavy atom. The predicted molar refractivity (Wildman–Crippen MR) is 131 cm³/mol. The molecule has 3 heterocycles. The maximum atomic E-state index is 16.0. The van der Waals surface area contributed by atoms with Crippen molar-refractivity contribution in [3.05, 3.63) is 68.6 Å². The van der Waals surface area contributed by atoms with E-state index < -0.39 is 11.5 Å². The molecule has 0 saturated carbocycles. The number of nitrogens with one attached hydrogen (secondary N) is 1. The van der Waals surface area contributed by atoms with Crippen molar-refractivity contribution in [2.75, 3.05) is 33.4 Å². The molecule has 2 atom stereocenters. The zero-order valence-electron chi connectivity index (χ0n) is 20.2. The lowest BCUT2D eigenvalue weighted by atomic mass is 9.71. The number of rotatable bonds is 6. The molecule has 1 aromatic carbocycles. The average molecular weight is 501 g/mol. The van der Waals surface area contributed by atoms with Crippen molar-refractivity contribution in [3.63, 3.8) is 0 Å². The number of aromatic nitrogens is 2. The number of H-pyrrole nitrogens is 1. The maximum absolute atomic E-state index is 16.0. The SMILES string of the molecule is COC1=C(OCCN2CCCCC2)C=C(F)C2C1=c1c(C)n[nH]c1=NC2(C)c1ccc(O)c(Cl)c1. The second-order valence-corrected chi connectivity index (χ2v) is 9.89. The van der Waals surface area contributed by atoms with E-state index in [1.54, 1.807) is 19.2 Å². The van der Waals surface area contributed by atoms with E-state index in [1.807, 2.05) is 13.8 Å². The number of nitrogens with zero attached hydrogens (tertiary/aromatic N) is 3. The summed E-state index contributed by atoms with van der Waals surface area (Å²) in [5.74, 6) is -0.356. The van der Waals surface area contributed by atoms with Crippen LogP contribution in [0.15, 0.2) is 46.6 Å². The van der Waals surface area contributed by atoms with Gasteiger partial charge in [-0.3, -0.25) is 15.0 Å². The summed E-state index contributed by atoms with van der Waals surface area (Å²) < 4.78 is 28.0. The third-order valence-corrected chi connectivity index (χ3v) is 7.56. The van der Waals surface area contributed by atoms with Crippen LogP contribution >= 0.6 is 11.6 Å². The highest BCUT2D eigenvalue weighted by atomic mass is 35.5. The number of hydrogen-bond acceptors (Lipinski definition) is 6. The highest BCUT2D eigenvalue weighted by molar-refractivity contribution is 6.32. The van der Waals surface area contributed by atoms with E-state index in [1.165, 1.54) is 31.4 Å². The average Bonchev–Trinajstić information content (AvgIpc) is 3.21. The van der Waals surface area contributed by atoms with Gasteiger partial charge in [-0.25, -0.2) is 4.39 Å². The highest BCUT2D eigenvalue weighted by Crippen LogP contribution is 2.50. The van der Waals surface area contributed by atoms with Crippen LogP contribution in [0.3, 0.4) is 0 Å². The molecule has 1 aliphatic carbocycles. The molecule has 35 heavy (non-hydrogen) atoms. The number of piperidine rings is 1. The highest BCUT2D eigenvalue weighted by Gasteiger charge is 2.48. The maximum Gasteiger partial charge on any atom is 0.165 e. The van der Waals surface area contributed by atoms with Crippen LogP contribution in [0.25, 0.3) is 5.57 Å². The van der Waals surface area contributed by atoms with E-state index in [-0.39, 0.29) is 16.6 Å². The van der Waals surface area contributed by atoms with Gasteiger partial charge in [0.2, 0.25) is 0 Å². The van der Waals surface area contributed by atoms with Crippen LogP contribution in [0, 0.1) is 12.8 Å². The van der Waals surface area contributed by atoms with Crippen LogP contribution < -0.4 is 10.7 Å². The molecule has 0 bridgehead atoms. The molecule has 1 fully saturated rings. The topological polar surface area (TPSA) is 83.0 Å². The predicted octanol–water partition coefficient (Wildman–Crippen LogP) is 3.62. The van der Waals surface area contributed by atoms with Gasteiger partial charge in [0.25, 0.3) is 0 Å². The van der Waals surface area contributed by atoms with E-state index in [0.29, 0.717) is 40.4 Å². The van der Waals surface area contributed by atoms with E-state index in [0.717, 1.165) is 24.9 Å². The third-order valence-electron chi connectivity index (χ3n) is 7.26. The Kier molecular flexibility index (Phi) is 6.36. The van der Waals surface area contributed by atoms with Gasteiger partial charge >= 0.3 is 0 Å². The number of likely N-dealkylation sites (tertiary alicyclic amines) is 1. The number of phenolic OH excluding ortho intramolecular Hbond substituents is 1. The number of halogens is 2. The minimum Gasteiger partial charge on any atom is -0.506 e. The number of benzene rings is 1. The smallest absolute Gasteiger partial charge is 0.165 e. The molecular weight excluding hydrogens is 471 g/mol. The van der Waals surface area contributed by atoms with Crippen LogP contribution in [0.1, 0.15) is 37.4 Å². The summed E-state index contributed by atoms with van der Waals surface area (Å²) in [7, 11) is 1.57. The number of methoxy groups -OCH3 is 1. The molecule has 5 rings (SSSR count). The summed E-state index contributed by atoms with van der Waals surface area (Å²) in [6.45, 7) is 7.06. The molecule has 3 aliphatic rings. The lowest BCUT2D eigenvalue weighted by Gasteiger charge is -2.39. The number of ether oxygens (including phenoxy) is 2. The van der Waals surface area contributed by atoms with Gasteiger partial charge in [-0.05, 0) is 57.5 Å². The van der Waals surface area contributed by atoms with Crippen molar-refractivity contribution in [1.29, 1.82) is 0 Å². The minimum atomic E-state index is -1.07. The van der Waals surface area contributed by atoms with Gasteiger partial charge in [0.05, 0.1) is 29.3 Å². The number of hydrogen-bond donors (Lipinski definition) is 2. The Bertz CT molecular complexity index is 1330. The normalized spacial score (nSPS) is 24.4. The zero-order valence-corrected chi connectivity index (χ0v) is 21.0. The Balaban J connectivity index is 1.59. The first-order valence-electron chi connectivity index (χ1n) is 12.0. The van der Waals surface area contributed by atoms with Gasteiger partial charge in [-0.15, -0.1) is 0 Å². The largest absolute Gasteiger partial charge is 0.506 e. The van der Waals surface area contributed by atoms with Crippen LogP contribution in [0.4, 0.5) is 4.39 Å². The molecular formula is C26H30ClFN4O3. The molecule has 2 aromatic rings. The van der Waals surface area contributed by atoms with Gasteiger partial charge in [-0.2, -0.15) is 5.10 Å². The lowest BCUT2D eigenvalue weighted by molar-refractivity contribution is 0.135. The van der Waals surface area contributed by atoms with Crippen LogP contribution in [-0.4, -0.2) is 53.6 Å². The fourth-order valence-corrected chi connectivity index (χ4v) is 5.62. The molecule has 7 nitrogen and oxygen atoms in total. The van der Waals surface area contributed by atoms with E-state index in [2.05, 4.69) is 15.1 Å². The van der Waals surface area contributed by atoms with Crippen molar-refractivity contribution < 1.29 is 19.0 Å². The third kappa shape index (κ3) is 4.12. The number of aromatic amines is 1. The summed E-state index contributed by atoms with van der Waals surface area (Å²) >= 11 is 6.23. The number of allylic oxidation sites excluding steroid dienone is 2. The first-order chi connectivity index (χ1) is 16.8. The second kappa shape index (κ2) is 9.32. The number of aryl methyl sites for hydroxylation is 1. The Hall–Kier alpha value is -2.84. The molecule has 0 amide bonds. The molecule has 2 aliphatic heterocycles. The summed E-state index contributed by atoms with van der Waals surface area (Å²) in [5, 5.41) is 18.2. The molecule has 0 spiro atoms. The van der Waals surface area contributed by atoms with Crippen molar-refractivity contribution in [3.8, 4) is 5.75 Å². The van der Waals surface area contributed by atoms with Gasteiger partial charge < -0.3 is 14.6 Å². The van der Waals surface area contributed by atoms with E-state index in [9.17, 15) is 5.11 Å². The van der Waals surface area contributed by atoms with Crippen molar-refractivity contribution in [2.24, 2.45) is 10.9 Å². The Morgan fingerprint density at radius 1 is 1.29 bits per heavy atom. The Morgan fingerprint density at radius 3 is 2.77 bits per heavy atom. The number of phenols is 1. The summed E-state index contributed by atoms with van der Waals surface area (Å²) in [6.07, 6.45) is 5.09. The summed E-state index contributed by atoms with van der Waals surface area (Å²) in [5.41, 5.74) is 1.48. The molecule has 9 heteroatoms. The van der Waals surface area contributed by atoms with E-state index in [4.69, 9.17) is 26.1 Å². The fraction of sp³-hybridized carbons (Fsp3) is 0.462. The van der Waals surface area contributed by atoms with Crippen LogP contribution in [-0.2, 0) is 15.0 Å². The van der Waals surface area contributed by atoms with Gasteiger partial charge in [0.15, 0.2) is 17.0 Å².